The Morgan fingerprint density at radius 2 is 2.00 bits per heavy atom. The van der Waals surface area contributed by atoms with E-state index in [1.165, 1.54) is 18.2 Å². The van der Waals surface area contributed by atoms with Gasteiger partial charge in [-0.2, -0.15) is 0 Å². The minimum atomic E-state index is -3.31. The second-order valence-corrected chi connectivity index (χ2v) is 10.1. The molecule has 1 fully saturated rings. The van der Waals surface area contributed by atoms with E-state index in [0.717, 1.165) is 31.3 Å². The number of aromatic nitrogens is 3. The zero-order chi connectivity index (χ0) is 21.0. The Bertz CT molecular complexity index is 957. The molecule has 2 aromatic rings. The Labute approximate surface area is 176 Å². The molecule has 10 heteroatoms. The number of amides is 1. The Morgan fingerprint density at radius 3 is 2.62 bits per heavy atom. The van der Waals surface area contributed by atoms with Crippen LogP contribution in [0.4, 0.5) is 5.69 Å². The van der Waals surface area contributed by atoms with E-state index in [0.29, 0.717) is 34.9 Å². The van der Waals surface area contributed by atoms with E-state index in [4.69, 9.17) is 0 Å². The van der Waals surface area contributed by atoms with Crippen LogP contribution in [0.5, 0.6) is 0 Å². The van der Waals surface area contributed by atoms with Crippen LogP contribution in [0.2, 0.25) is 0 Å². The first-order valence-corrected chi connectivity index (χ1v) is 12.6. The fourth-order valence-corrected chi connectivity index (χ4v) is 4.90. The molecule has 29 heavy (non-hydrogen) atoms. The third-order valence-electron chi connectivity index (χ3n) is 4.81. The van der Waals surface area contributed by atoms with E-state index in [1.54, 1.807) is 24.3 Å². The predicted molar refractivity (Wildman–Crippen MR) is 115 cm³/mol. The first kappa shape index (κ1) is 21.6. The number of anilines is 1. The quantitative estimate of drug-likeness (QED) is 0.669. The molecule has 1 amide bonds. The number of sulfonamides is 1. The standard InChI is InChI=1S/C19H27N5O3S2/c1-4-24-18(15-7-9-16(10-8-15)22-29(3,26)27)20-21-19(24)28-13-17(25)23-11-5-6-14(2)12-23/h7-10,14,22H,4-6,11-13H2,1-3H3/t14-/m0/s1. The molecule has 2 heterocycles. The second kappa shape index (κ2) is 9.17. The molecule has 8 nitrogen and oxygen atoms in total. The summed E-state index contributed by atoms with van der Waals surface area (Å²) in [6.45, 7) is 6.53. The van der Waals surface area contributed by atoms with E-state index in [-0.39, 0.29) is 5.91 Å². The average molecular weight is 438 g/mol. The predicted octanol–water partition coefficient (Wildman–Crippen LogP) is 2.69. The molecule has 0 radical (unpaired) electrons. The summed E-state index contributed by atoms with van der Waals surface area (Å²) in [5, 5.41) is 9.27. The average Bonchev–Trinajstić information content (AvgIpc) is 3.08. The summed E-state index contributed by atoms with van der Waals surface area (Å²) in [4.78, 5) is 14.5. The molecule has 1 aromatic heterocycles. The number of thioether (sulfide) groups is 1. The van der Waals surface area contributed by atoms with E-state index < -0.39 is 10.0 Å². The van der Waals surface area contributed by atoms with Gasteiger partial charge in [0.25, 0.3) is 0 Å². The SMILES string of the molecule is CCn1c(SCC(=O)N2CCC[C@H](C)C2)nnc1-c1ccc(NS(C)(=O)=O)cc1. The fourth-order valence-electron chi connectivity index (χ4n) is 3.43. The minimum Gasteiger partial charge on any atom is -0.342 e. The molecular weight excluding hydrogens is 410 g/mol. The maximum atomic E-state index is 12.5. The maximum absolute atomic E-state index is 12.5. The number of hydrogen-bond acceptors (Lipinski definition) is 6. The van der Waals surface area contributed by atoms with Gasteiger partial charge in [-0.3, -0.25) is 9.52 Å². The first-order chi connectivity index (χ1) is 13.8. The van der Waals surface area contributed by atoms with Crippen molar-refractivity contribution in [2.75, 3.05) is 29.8 Å². The van der Waals surface area contributed by atoms with Crippen molar-refractivity contribution >= 4 is 33.4 Å². The fraction of sp³-hybridized carbons (Fsp3) is 0.526. The van der Waals surface area contributed by atoms with Gasteiger partial charge in [-0.05, 0) is 49.9 Å². The third kappa shape index (κ3) is 5.72. The highest BCUT2D eigenvalue weighted by Gasteiger charge is 2.22. The van der Waals surface area contributed by atoms with Crippen molar-refractivity contribution in [1.29, 1.82) is 0 Å². The van der Waals surface area contributed by atoms with Crippen LogP contribution in [0.25, 0.3) is 11.4 Å². The van der Waals surface area contributed by atoms with Gasteiger partial charge in [0.15, 0.2) is 11.0 Å². The highest BCUT2D eigenvalue weighted by Crippen LogP contribution is 2.26. The number of nitrogens with zero attached hydrogens (tertiary/aromatic N) is 4. The van der Waals surface area contributed by atoms with Crippen molar-refractivity contribution < 1.29 is 13.2 Å². The topological polar surface area (TPSA) is 97.2 Å². The van der Waals surface area contributed by atoms with Crippen molar-refractivity contribution in [3.05, 3.63) is 24.3 Å². The van der Waals surface area contributed by atoms with Gasteiger partial charge in [0.1, 0.15) is 0 Å². The molecule has 0 saturated carbocycles. The highest BCUT2D eigenvalue weighted by atomic mass is 32.2. The van der Waals surface area contributed by atoms with Crippen molar-refractivity contribution in [2.45, 2.75) is 38.4 Å². The summed E-state index contributed by atoms with van der Waals surface area (Å²) in [7, 11) is -3.31. The number of rotatable bonds is 7. The number of benzene rings is 1. The highest BCUT2D eigenvalue weighted by molar-refractivity contribution is 7.99. The summed E-state index contributed by atoms with van der Waals surface area (Å²) in [6, 6.07) is 6.99. The molecule has 1 aliphatic rings. The van der Waals surface area contributed by atoms with Crippen molar-refractivity contribution in [1.82, 2.24) is 19.7 Å². The zero-order valence-corrected chi connectivity index (χ0v) is 18.6. The third-order valence-corrected chi connectivity index (χ3v) is 6.37. The van der Waals surface area contributed by atoms with Crippen LogP contribution < -0.4 is 4.72 Å². The molecule has 1 atom stereocenters. The van der Waals surface area contributed by atoms with Crippen LogP contribution in [0, 0.1) is 5.92 Å². The number of hydrogen-bond donors (Lipinski definition) is 1. The van der Waals surface area contributed by atoms with Crippen LogP contribution in [-0.2, 0) is 21.4 Å². The molecule has 1 aliphatic heterocycles. The molecule has 3 rings (SSSR count). The number of likely N-dealkylation sites (tertiary alicyclic amines) is 1. The lowest BCUT2D eigenvalue weighted by Crippen LogP contribution is -2.40. The second-order valence-electron chi connectivity index (χ2n) is 7.38. The Hall–Kier alpha value is -2.07. The van der Waals surface area contributed by atoms with Gasteiger partial charge >= 0.3 is 0 Å². The summed E-state index contributed by atoms with van der Waals surface area (Å²) in [5.74, 6) is 1.75. The molecule has 1 N–H and O–H groups in total. The number of piperidine rings is 1. The van der Waals surface area contributed by atoms with Gasteiger partial charge in [0.2, 0.25) is 15.9 Å². The van der Waals surface area contributed by atoms with Gasteiger partial charge in [0.05, 0.1) is 12.0 Å². The summed E-state index contributed by atoms with van der Waals surface area (Å²) < 4.78 is 27.1. The molecule has 1 aromatic carbocycles. The van der Waals surface area contributed by atoms with Gasteiger partial charge in [-0.25, -0.2) is 8.42 Å². The smallest absolute Gasteiger partial charge is 0.233 e. The molecule has 0 bridgehead atoms. The van der Waals surface area contributed by atoms with Crippen molar-refractivity contribution in [3.8, 4) is 11.4 Å². The summed E-state index contributed by atoms with van der Waals surface area (Å²) >= 11 is 1.41. The van der Waals surface area contributed by atoms with Crippen molar-refractivity contribution in [2.24, 2.45) is 5.92 Å². The number of nitrogens with one attached hydrogen (secondary N) is 1. The summed E-state index contributed by atoms with van der Waals surface area (Å²) in [5.41, 5.74) is 1.33. The monoisotopic (exact) mass is 437 g/mol. The van der Waals surface area contributed by atoms with E-state index in [9.17, 15) is 13.2 Å². The van der Waals surface area contributed by atoms with Crippen molar-refractivity contribution in [3.63, 3.8) is 0 Å². The Morgan fingerprint density at radius 1 is 1.28 bits per heavy atom. The van der Waals surface area contributed by atoms with E-state index >= 15 is 0 Å². The first-order valence-electron chi connectivity index (χ1n) is 9.69. The molecule has 158 valence electrons. The van der Waals surface area contributed by atoms with Crippen LogP contribution in [0.1, 0.15) is 26.7 Å². The van der Waals surface area contributed by atoms with Gasteiger partial charge in [0, 0.05) is 30.9 Å². The van der Waals surface area contributed by atoms with Gasteiger partial charge in [-0.1, -0.05) is 18.7 Å². The number of carbonyl (C=O) groups is 1. The van der Waals surface area contributed by atoms with Crippen LogP contribution in [0.3, 0.4) is 0 Å². The Kier molecular flexibility index (Phi) is 6.84. The normalized spacial score (nSPS) is 17.3. The molecule has 0 aliphatic carbocycles. The van der Waals surface area contributed by atoms with E-state index in [2.05, 4.69) is 21.8 Å². The minimum absolute atomic E-state index is 0.143. The van der Waals surface area contributed by atoms with E-state index in [1.807, 2.05) is 16.4 Å². The maximum Gasteiger partial charge on any atom is 0.233 e. The van der Waals surface area contributed by atoms with Crippen LogP contribution >= 0.6 is 11.8 Å². The zero-order valence-electron chi connectivity index (χ0n) is 17.0. The lowest BCUT2D eigenvalue weighted by Gasteiger charge is -2.30. The lowest BCUT2D eigenvalue weighted by atomic mass is 10.0. The molecule has 0 unspecified atom stereocenters. The Balaban J connectivity index is 1.69. The number of carbonyl (C=O) groups excluding carboxylic acids is 1. The largest absolute Gasteiger partial charge is 0.342 e. The van der Waals surface area contributed by atoms with Crippen LogP contribution in [0.15, 0.2) is 29.4 Å². The summed E-state index contributed by atoms with van der Waals surface area (Å²) in [6.07, 6.45) is 3.37. The van der Waals surface area contributed by atoms with Crippen LogP contribution in [-0.4, -0.2) is 59.1 Å². The molecule has 0 spiro atoms. The lowest BCUT2D eigenvalue weighted by molar-refractivity contribution is -0.130. The van der Waals surface area contributed by atoms with Gasteiger partial charge < -0.3 is 9.47 Å². The molecular formula is C19H27N5O3S2. The molecule has 1 saturated heterocycles. The van der Waals surface area contributed by atoms with Gasteiger partial charge in [-0.15, -0.1) is 10.2 Å².